The number of carbonyl (C=O) groups excluding carboxylic acids is 1. The summed E-state index contributed by atoms with van der Waals surface area (Å²) in [6.45, 7) is 2.22. The minimum absolute atomic E-state index is 0. The Hall–Kier alpha value is -0.980. The summed E-state index contributed by atoms with van der Waals surface area (Å²) in [4.78, 5) is 19.6. The van der Waals surface area contributed by atoms with E-state index in [1.54, 1.807) is 24.4 Å². The highest BCUT2D eigenvalue weighted by atomic mass is 35.5. The van der Waals surface area contributed by atoms with Gasteiger partial charge in [-0.2, -0.15) is 0 Å². The first-order chi connectivity index (χ1) is 11.6. The van der Waals surface area contributed by atoms with Crippen molar-refractivity contribution in [2.24, 2.45) is 0 Å². The van der Waals surface area contributed by atoms with Crippen molar-refractivity contribution in [1.82, 2.24) is 15.2 Å². The third kappa shape index (κ3) is 5.25. The Labute approximate surface area is 167 Å². The van der Waals surface area contributed by atoms with E-state index in [0.29, 0.717) is 22.3 Å². The molecule has 3 rings (SSSR count). The van der Waals surface area contributed by atoms with Gasteiger partial charge in [0.15, 0.2) is 0 Å². The maximum absolute atomic E-state index is 12.7. The highest BCUT2D eigenvalue weighted by Gasteiger charge is 2.27. The number of hydrogen-bond acceptors (Lipinski definition) is 4. The third-order valence-electron chi connectivity index (χ3n) is 3.88. The molecule has 0 spiro atoms. The SMILES string of the molecule is Cl.O=C(CSc1cc(Cl)ccc1Cl)N1CCNCC1c1cccnc1. The Balaban J connectivity index is 0.00000225. The topological polar surface area (TPSA) is 45.2 Å². The molecule has 1 amide bonds. The molecule has 1 saturated heterocycles. The zero-order chi connectivity index (χ0) is 16.9. The molecule has 8 heteroatoms. The molecule has 0 aliphatic carbocycles. The fourth-order valence-electron chi connectivity index (χ4n) is 2.68. The Kier molecular flexibility index (Phi) is 7.84. The largest absolute Gasteiger partial charge is 0.332 e. The van der Waals surface area contributed by atoms with E-state index in [1.165, 1.54) is 11.8 Å². The highest BCUT2D eigenvalue weighted by molar-refractivity contribution is 8.00. The van der Waals surface area contributed by atoms with Gasteiger partial charge in [0, 0.05) is 41.9 Å². The van der Waals surface area contributed by atoms with Gasteiger partial charge in [-0.25, -0.2) is 0 Å². The average molecular weight is 419 g/mol. The van der Waals surface area contributed by atoms with Gasteiger partial charge in [-0.3, -0.25) is 9.78 Å². The van der Waals surface area contributed by atoms with Crippen LogP contribution in [0.3, 0.4) is 0 Å². The number of hydrogen-bond donors (Lipinski definition) is 1. The number of pyridine rings is 1. The van der Waals surface area contributed by atoms with Crippen LogP contribution in [0.15, 0.2) is 47.6 Å². The molecule has 25 heavy (non-hydrogen) atoms. The predicted molar refractivity (Wildman–Crippen MR) is 106 cm³/mol. The van der Waals surface area contributed by atoms with Crippen molar-refractivity contribution in [3.63, 3.8) is 0 Å². The zero-order valence-corrected chi connectivity index (χ0v) is 16.5. The van der Waals surface area contributed by atoms with E-state index in [0.717, 1.165) is 23.5 Å². The van der Waals surface area contributed by atoms with Crippen molar-refractivity contribution in [2.75, 3.05) is 25.4 Å². The number of rotatable bonds is 4. The van der Waals surface area contributed by atoms with Crippen molar-refractivity contribution in [3.8, 4) is 0 Å². The van der Waals surface area contributed by atoms with Gasteiger partial charge >= 0.3 is 0 Å². The second kappa shape index (κ2) is 9.64. The normalized spacial score (nSPS) is 17.0. The second-order valence-corrected chi connectivity index (χ2v) is 7.32. The van der Waals surface area contributed by atoms with Crippen molar-refractivity contribution >= 4 is 53.3 Å². The molecule has 2 aromatic rings. The quantitative estimate of drug-likeness (QED) is 0.760. The molecule has 2 heterocycles. The third-order valence-corrected chi connectivity index (χ3v) is 5.59. The van der Waals surface area contributed by atoms with Crippen LogP contribution in [0.2, 0.25) is 10.0 Å². The minimum Gasteiger partial charge on any atom is -0.332 e. The molecule has 1 fully saturated rings. The molecule has 4 nitrogen and oxygen atoms in total. The lowest BCUT2D eigenvalue weighted by atomic mass is 10.1. The molecule has 0 radical (unpaired) electrons. The molecule has 1 aromatic heterocycles. The Morgan fingerprint density at radius 1 is 1.36 bits per heavy atom. The Morgan fingerprint density at radius 3 is 2.96 bits per heavy atom. The molecule has 1 atom stereocenters. The first kappa shape index (κ1) is 20.3. The van der Waals surface area contributed by atoms with Gasteiger partial charge in [-0.1, -0.05) is 29.3 Å². The zero-order valence-electron chi connectivity index (χ0n) is 13.3. The van der Waals surface area contributed by atoms with Gasteiger partial charge in [0.1, 0.15) is 0 Å². The lowest BCUT2D eigenvalue weighted by molar-refractivity contribution is -0.131. The monoisotopic (exact) mass is 417 g/mol. The highest BCUT2D eigenvalue weighted by Crippen LogP contribution is 2.31. The van der Waals surface area contributed by atoms with Crippen LogP contribution in [0.5, 0.6) is 0 Å². The van der Waals surface area contributed by atoms with Crippen LogP contribution in [0.25, 0.3) is 0 Å². The standard InChI is InChI=1S/C17H17Cl2N3OS.ClH/c18-13-3-4-14(19)16(8-13)24-11-17(23)22-7-6-21-10-15(22)12-2-1-5-20-9-12;/h1-5,8-9,15,21H,6-7,10-11H2;1H. The summed E-state index contributed by atoms with van der Waals surface area (Å²) in [5, 5.41) is 4.57. The lowest BCUT2D eigenvalue weighted by Crippen LogP contribution is -2.49. The number of nitrogens with one attached hydrogen (secondary N) is 1. The Morgan fingerprint density at radius 2 is 2.20 bits per heavy atom. The maximum Gasteiger partial charge on any atom is 0.233 e. The Bertz CT molecular complexity index is 718. The fraction of sp³-hybridized carbons (Fsp3) is 0.294. The van der Waals surface area contributed by atoms with Crippen molar-refractivity contribution < 1.29 is 4.79 Å². The van der Waals surface area contributed by atoms with Crippen molar-refractivity contribution in [2.45, 2.75) is 10.9 Å². The van der Waals surface area contributed by atoms with Gasteiger partial charge in [0.05, 0.1) is 16.8 Å². The minimum atomic E-state index is 0. The molecule has 1 N–H and O–H groups in total. The van der Waals surface area contributed by atoms with E-state index in [1.807, 2.05) is 23.2 Å². The average Bonchev–Trinajstić information content (AvgIpc) is 2.63. The van der Waals surface area contributed by atoms with E-state index in [2.05, 4.69) is 10.3 Å². The van der Waals surface area contributed by atoms with Crippen LogP contribution >= 0.6 is 47.4 Å². The number of halogens is 3. The molecule has 1 unspecified atom stereocenters. The van der Waals surface area contributed by atoms with E-state index in [-0.39, 0.29) is 24.4 Å². The number of aromatic nitrogens is 1. The fourth-order valence-corrected chi connectivity index (χ4v) is 4.06. The van der Waals surface area contributed by atoms with Crippen LogP contribution in [-0.2, 0) is 4.79 Å². The number of benzene rings is 1. The van der Waals surface area contributed by atoms with Gasteiger partial charge in [0.2, 0.25) is 5.91 Å². The number of nitrogens with zero attached hydrogens (tertiary/aromatic N) is 2. The summed E-state index contributed by atoms with van der Waals surface area (Å²) >= 11 is 13.6. The summed E-state index contributed by atoms with van der Waals surface area (Å²) < 4.78 is 0. The molecule has 134 valence electrons. The van der Waals surface area contributed by atoms with E-state index >= 15 is 0 Å². The number of thioether (sulfide) groups is 1. The molecule has 0 saturated carbocycles. The van der Waals surface area contributed by atoms with E-state index in [4.69, 9.17) is 23.2 Å². The summed E-state index contributed by atoms with van der Waals surface area (Å²) in [6.07, 6.45) is 3.56. The van der Waals surface area contributed by atoms with Gasteiger partial charge in [-0.15, -0.1) is 24.2 Å². The van der Waals surface area contributed by atoms with Crippen molar-refractivity contribution in [3.05, 3.63) is 58.3 Å². The predicted octanol–water partition coefficient (Wildman–Crippen LogP) is 4.08. The van der Waals surface area contributed by atoms with Gasteiger partial charge < -0.3 is 10.2 Å². The lowest BCUT2D eigenvalue weighted by Gasteiger charge is -2.36. The second-order valence-electron chi connectivity index (χ2n) is 5.46. The molecule has 1 aromatic carbocycles. The number of amides is 1. The van der Waals surface area contributed by atoms with Crippen LogP contribution in [0, 0.1) is 0 Å². The summed E-state index contributed by atoms with van der Waals surface area (Å²) in [5.74, 6) is 0.419. The van der Waals surface area contributed by atoms with Crippen LogP contribution < -0.4 is 5.32 Å². The first-order valence-corrected chi connectivity index (χ1v) is 9.37. The van der Waals surface area contributed by atoms with Crippen LogP contribution in [0.1, 0.15) is 11.6 Å². The summed E-state index contributed by atoms with van der Waals surface area (Å²) in [5.41, 5.74) is 1.05. The van der Waals surface area contributed by atoms with Crippen LogP contribution in [-0.4, -0.2) is 41.2 Å². The van der Waals surface area contributed by atoms with E-state index in [9.17, 15) is 4.79 Å². The summed E-state index contributed by atoms with van der Waals surface area (Å²) in [7, 11) is 0. The first-order valence-electron chi connectivity index (χ1n) is 7.63. The molecule has 1 aliphatic heterocycles. The molecule has 1 aliphatic rings. The molecular formula is C17H18Cl3N3OS. The summed E-state index contributed by atoms with van der Waals surface area (Å²) in [6, 6.07) is 9.19. The number of carbonyl (C=O) groups is 1. The van der Waals surface area contributed by atoms with E-state index < -0.39 is 0 Å². The van der Waals surface area contributed by atoms with Crippen LogP contribution in [0.4, 0.5) is 0 Å². The maximum atomic E-state index is 12.7. The molecular weight excluding hydrogens is 401 g/mol. The van der Waals surface area contributed by atoms with Gasteiger partial charge in [0.25, 0.3) is 0 Å². The molecule has 0 bridgehead atoms. The smallest absolute Gasteiger partial charge is 0.233 e. The van der Waals surface area contributed by atoms with Crippen molar-refractivity contribution in [1.29, 1.82) is 0 Å². The number of piperazine rings is 1. The van der Waals surface area contributed by atoms with Gasteiger partial charge in [-0.05, 0) is 29.8 Å².